The minimum absolute atomic E-state index is 0.115. The number of hydrogen-bond donors (Lipinski definition) is 3. The Morgan fingerprint density at radius 1 is 1.40 bits per heavy atom. The van der Waals surface area contributed by atoms with Gasteiger partial charge in [-0.15, -0.1) is 5.10 Å². The highest BCUT2D eigenvalue weighted by atomic mass is 16.4. The van der Waals surface area contributed by atoms with Crippen LogP contribution in [0.4, 0.5) is 0 Å². The largest absolute Gasteiger partial charge is 0.480 e. The van der Waals surface area contributed by atoms with Gasteiger partial charge in [-0.3, -0.25) is 9.48 Å². The van der Waals surface area contributed by atoms with E-state index in [2.05, 4.69) is 15.6 Å². The lowest BCUT2D eigenvalue weighted by Gasteiger charge is -2.33. The number of aliphatic carboxylic acids is 1. The molecule has 2 rings (SSSR count). The summed E-state index contributed by atoms with van der Waals surface area (Å²) in [7, 11) is 0. The molecule has 0 atom stereocenters. The van der Waals surface area contributed by atoms with E-state index in [1.807, 2.05) is 0 Å². The lowest BCUT2D eigenvalue weighted by molar-refractivity contribution is -0.145. The van der Waals surface area contributed by atoms with Gasteiger partial charge in [0.1, 0.15) is 5.54 Å². The maximum absolute atomic E-state index is 12.1. The first-order valence-electron chi connectivity index (χ1n) is 6.73. The number of rotatable bonds is 5. The molecule has 0 aliphatic heterocycles. The molecule has 20 heavy (non-hydrogen) atoms. The number of carbonyl (C=O) groups is 2. The summed E-state index contributed by atoms with van der Waals surface area (Å²) < 4.78 is 1.46. The molecule has 8 nitrogen and oxygen atoms in total. The number of aromatic nitrogens is 3. The van der Waals surface area contributed by atoms with Crippen LogP contribution in [-0.2, 0) is 11.3 Å². The van der Waals surface area contributed by atoms with Crippen LogP contribution in [0.3, 0.4) is 0 Å². The second-order valence-electron chi connectivity index (χ2n) is 5.06. The number of hydrogen-bond acceptors (Lipinski definition) is 5. The molecule has 8 heteroatoms. The molecule has 0 radical (unpaired) electrons. The summed E-state index contributed by atoms with van der Waals surface area (Å²) in [5.41, 5.74) is 4.33. The summed E-state index contributed by atoms with van der Waals surface area (Å²) in [5.74, 6) is -1.49. The van der Waals surface area contributed by atoms with E-state index in [1.165, 1.54) is 10.9 Å². The average molecular weight is 281 g/mol. The number of nitrogens with one attached hydrogen (secondary N) is 1. The summed E-state index contributed by atoms with van der Waals surface area (Å²) >= 11 is 0. The zero-order valence-corrected chi connectivity index (χ0v) is 11.2. The van der Waals surface area contributed by atoms with Gasteiger partial charge in [0, 0.05) is 6.54 Å². The van der Waals surface area contributed by atoms with Crippen LogP contribution in [0, 0.1) is 0 Å². The molecule has 0 unspecified atom stereocenters. The van der Waals surface area contributed by atoms with Crippen molar-refractivity contribution in [1.82, 2.24) is 20.3 Å². The van der Waals surface area contributed by atoms with Crippen LogP contribution in [0.2, 0.25) is 0 Å². The van der Waals surface area contributed by atoms with Gasteiger partial charge in [-0.05, 0) is 12.8 Å². The summed E-state index contributed by atoms with van der Waals surface area (Å²) in [5, 5.41) is 19.5. The lowest BCUT2D eigenvalue weighted by Crippen LogP contribution is -2.55. The Morgan fingerprint density at radius 3 is 2.70 bits per heavy atom. The fourth-order valence-corrected chi connectivity index (χ4v) is 2.47. The predicted molar refractivity (Wildman–Crippen MR) is 70.0 cm³/mol. The van der Waals surface area contributed by atoms with Crippen LogP contribution < -0.4 is 11.1 Å². The first kappa shape index (κ1) is 14.4. The van der Waals surface area contributed by atoms with Crippen molar-refractivity contribution < 1.29 is 14.7 Å². The van der Waals surface area contributed by atoms with Crippen LogP contribution in [0.1, 0.15) is 42.6 Å². The van der Waals surface area contributed by atoms with Crippen LogP contribution in [-0.4, -0.2) is 44.1 Å². The van der Waals surface area contributed by atoms with E-state index in [9.17, 15) is 14.7 Å². The van der Waals surface area contributed by atoms with E-state index >= 15 is 0 Å². The Hall–Kier alpha value is -1.96. The van der Waals surface area contributed by atoms with Gasteiger partial charge in [-0.25, -0.2) is 4.79 Å². The number of nitrogens with zero attached hydrogens (tertiary/aromatic N) is 3. The Kier molecular flexibility index (Phi) is 4.33. The van der Waals surface area contributed by atoms with Crippen LogP contribution in [0.25, 0.3) is 0 Å². The van der Waals surface area contributed by atoms with Crippen LogP contribution in [0.5, 0.6) is 0 Å². The maximum Gasteiger partial charge on any atom is 0.329 e. The number of carboxylic acids is 1. The van der Waals surface area contributed by atoms with Gasteiger partial charge >= 0.3 is 5.97 Å². The molecule has 1 fully saturated rings. The molecule has 0 bridgehead atoms. The molecule has 1 amide bonds. The Balaban J connectivity index is 2.09. The summed E-state index contributed by atoms with van der Waals surface area (Å²) in [6, 6.07) is 0. The van der Waals surface area contributed by atoms with E-state index in [-0.39, 0.29) is 5.69 Å². The minimum Gasteiger partial charge on any atom is -0.480 e. The molecule has 0 spiro atoms. The van der Waals surface area contributed by atoms with E-state index in [0.717, 1.165) is 19.3 Å². The molecule has 0 saturated heterocycles. The molecule has 4 N–H and O–H groups in total. The van der Waals surface area contributed by atoms with Gasteiger partial charge in [0.05, 0.1) is 12.7 Å². The van der Waals surface area contributed by atoms with Crippen molar-refractivity contribution in [2.24, 2.45) is 5.73 Å². The fraction of sp³-hybridized carbons (Fsp3) is 0.667. The average Bonchev–Trinajstić information content (AvgIpc) is 2.89. The third kappa shape index (κ3) is 2.96. The van der Waals surface area contributed by atoms with E-state index < -0.39 is 17.4 Å². The van der Waals surface area contributed by atoms with Crippen molar-refractivity contribution in [2.75, 3.05) is 6.54 Å². The van der Waals surface area contributed by atoms with Crippen LogP contribution in [0.15, 0.2) is 6.20 Å². The van der Waals surface area contributed by atoms with Gasteiger partial charge in [-0.1, -0.05) is 24.5 Å². The van der Waals surface area contributed by atoms with Crippen LogP contribution >= 0.6 is 0 Å². The number of nitrogens with two attached hydrogens (primary N) is 1. The quantitative estimate of drug-likeness (QED) is 0.684. The van der Waals surface area contributed by atoms with Crippen molar-refractivity contribution in [3.8, 4) is 0 Å². The predicted octanol–water partition coefficient (Wildman–Crippen LogP) is -0.246. The smallest absolute Gasteiger partial charge is 0.329 e. The lowest BCUT2D eigenvalue weighted by atomic mass is 9.81. The highest BCUT2D eigenvalue weighted by Crippen LogP contribution is 2.28. The maximum atomic E-state index is 12.1. The third-order valence-corrected chi connectivity index (χ3v) is 3.60. The Bertz CT molecular complexity index is 493. The summed E-state index contributed by atoms with van der Waals surface area (Å²) in [4.78, 5) is 23.6. The molecule has 1 aliphatic rings. The van der Waals surface area contributed by atoms with E-state index in [1.54, 1.807) is 0 Å². The third-order valence-electron chi connectivity index (χ3n) is 3.60. The van der Waals surface area contributed by atoms with Crippen molar-refractivity contribution in [2.45, 2.75) is 44.2 Å². The zero-order valence-electron chi connectivity index (χ0n) is 11.2. The molecule has 0 aromatic carbocycles. The van der Waals surface area contributed by atoms with Crippen molar-refractivity contribution >= 4 is 11.9 Å². The minimum atomic E-state index is -1.17. The normalized spacial score (nSPS) is 17.6. The van der Waals surface area contributed by atoms with E-state index in [4.69, 9.17) is 5.73 Å². The summed E-state index contributed by atoms with van der Waals surface area (Å²) in [6.07, 6.45) is 4.97. The molecular formula is C12H19N5O3. The molecule has 1 aromatic rings. The van der Waals surface area contributed by atoms with Gasteiger partial charge < -0.3 is 16.2 Å². The SMILES string of the molecule is NCCn1cc(C(=O)NC2(C(=O)O)CCCCC2)nn1. The van der Waals surface area contributed by atoms with E-state index in [0.29, 0.717) is 25.9 Å². The standard InChI is InChI=1S/C12H19N5O3/c13-6-7-17-8-9(15-16-17)10(18)14-12(11(19)20)4-2-1-3-5-12/h8H,1-7,13H2,(H,14,18)(H,19,20). The fourth-order valence-electron chi connectivity index (χ4n) is 2.47. The second kappa shape index (κ2) is 6.00. The number of carbonyl (C=O) groups excluding carboxylic acids is 1. The monoisotopic (exact) mass is 281 g/mol. The summed E-state index contributed by atoms with van der Waals surface area (Å²) in [6.45, 7) is 0.855. The highest BCUT2D eigenvalue weighted by molar-refractivity contribution is 5.96. The first-order valence-corrected chi connectivity index (χ1v) is 6.73. The molecule has 1 aliphatic carbocycles. The Labute approximate surface area is 116 Å². The van der Waals surface area contributed by atoms with Gasteiger partial charge in [0.15, 0.2) is 5.69 Å². The molecule has 1 heterocycles. The molecule has 1 saturated carbocycles. The zero-order chi connectivity index (χ0) is 14.6. The van der Waals surface area contributed by atoms with Gasteiger partial charge in [0.2, 0.25) is 0 Å². The van der Waals surface area contributed by atoms with Crippen molar-refractivity contribution in [1.29, 1.82) is 0 Å². The topological polar surface area (TPSA) is 123 Å². The highest BCUT2D eigenvalue weighted by Gasteiger charge is 2.41. The molecule has 1 aromatic heterocycles. The molecule has 110 valence electrons. The molecular weight excluding hydrogens is 262 g/mol. The second-order valence-corrected chi connectivity index (χ2v) is 5.06. The van der Waals surface area contributed by atoms with Crippen molar-refractivity contribution in [3.63, 3.8) is 0 Å². The number of carboxylic acid groups (broad SMARTS) is 1. The van der Waals surface area contributed by atoms with Gasteiger partial charge in [-0.2, -0.15) is 0 Å². The first-order chi connectivity index (χ1) is 9.57. The Morgan fingerprint density at radius 2 is 2.10 bits per heavy atom. The van der Waals surface area contributed by atoms with Crippen molar-refractivity contribution in [3.05, 3.63) is 11.9 Å². The number of amides is 1. The van der Waals surface area contributed by atoms with Gasteiger partial charge in [0.25, 0.3) is 5.91 Å².